The number of hydrogen-bond acceptors (Lipinski definition) is 1. The van der Waals surface area contributed by atoms with Crippen LogP contribution in [0.4, 0.5) is 0 Å². The number of rotatable bonds is 4. The van der Waals surface area contributed by atoms with Crippen LogP contribution in [-0.4, -0.2) is 6.29 Å². The van der Waals surface area contributed by atoms with Gasteiger partial charge in [0.25, 0.3) is 0 Å². The third kappa shape index (κ3) is 5.42. The summed E-state index contributed by atoms with van der Waals surface area (Å²) in [5, 5.41) is 0. The van der Waals surface area contributed by atoms with Crippen molar-refractivity contribution in [2.24, 2.45) is 0 Å². The van der Waals surface area contributed by atoms with E-state index in [4.69, 9.17) is 0 Å². The molecule has 0 aromatic heterocycles. The van der Waals surface area contributed by atoms with E-state index in [0.717, 1.165) is 17.4 Å². The van der Waals surface area contributed by atoms with Gasteiger partial charge in [0.15, 0.2) is 0 Å². The number of aldehydes is 1. The SMILES string of the molecule is C=C/C(C)=C/C=C/C=C(\C)C=O. The Morgan fingerprint density at radius 2 is 1.58 bits per heavy atom. The van der Waals surface area contributed by atoms with Crippen LogP contribution in [0, 0.1) is 0 Å². The van der Waals surface area contributed by atoms with Crippen LogP contribution in [0.2, 0.25) is 0 Å². The Balaban J connectivity index is 4.09. The Bertz CT molecular complexity index is 216. The fourth-order valence-corrected chi connectivity index (χ4v) is 0.522. The van der Waals surface area contributed by atoms with Crippen LogP contribution in [-0.2, 0) is 4.79 Å². The topological polar surface area (TPSA) is 17.1 Å². The van der Waals surface area contributed by atoms with Crippen molar-refractivity contribution >= 4 is 6.29 Å². The highest BCUT2D eigenvalue weighted by Crippen LogP contribution is 1.94. The van der Waals surface area contributed by atoms with Gasteiger partial charge < -0.3 is 0 Å². The lowest BCUT2D eigenvalue weighted by Crippen LogP contribution is -1.71. The Morgan fingerprint density at radius 3 is 2.00 bits per heavy atom. The molecule has 12 heavy (non-hydrogen) atoms. The molecule has 0 aromatic rings. The first-order valence-corrected chi connectivity index (χ1v) is 3.80. The first-order chi connectivity index (χ1) is 5.70. The van der Waals surface area contributed by atoms with Gasteiger partial charge in [0, 0.05) is 0 Å². The van der Waals surface area contributed by atoms with Crippen molar-refractivity contribution in [3.63, 3.8) is 0 Å². The molecule has 0 aliphatic rings. The second-order valence-electron chi connectivity index (χ2n) is 2.53. The smallest absolute Gasteiger partial charge is 0.145 e. The quantitative estimate of drug-likeness (QED) is 0.353. The molecule has 1 nitrogen and oxygen atoms in total. The Morgan fingerprint density at radius 1 is 1.08 bits per heavy atom. The van der Waals surface area contributed by atoms with Crippen LogP contribution in [0.15, 0.2) is 48.1 Å². The summed E-state index contributed by atoms with van der Waals surface area (Å²) in [6.45, 7) is 7.35. The maximum absolute atomic E-state index is 10.2. The monoisotopic (exact) mass is 162 g/mol. The molecule has 0 aliphatic carbocycles. The Hall–Kier alpha value is -1.37. The van der Waals surface area contributed by atoms with E-state index in [1.165, 1.54) is 0 Å². The highest BCUT2D eigenvalue weighted by molar-refractivity contribution is 5.72. The average molecular weight is 162 g/mol. The fraction of sp³-hybridized carbons (Fsp3) is 0.182. The summed E-state index contributed by atoms with van der Waals surface area (Å²) in [5.41, 5.74) is 1.82. The molecule has 0 spiro atoms. The lowest BCUT2D eigenvalue weighted by molar-refractivity contribution is -0.104. The molecule has 0 aromatic carbocycles. The largest absolute Gasteiger partial charge is 0.298 e. The van der Waals surface area contributed by atoms with Gasteiger partial charge in [0.2, 0.25) is 0 Å². The fourth-order valence-electron chi connectivity index (χ4n) is 0.522. The maximum atomic E-state index is 10.2. The van der Waals surface area contributed by atoms with E-state index < -0.39 is 0 Å². The zero-order valence-corrected chi connectivity index (χ0v) is 7.58. The molecule has 64 valence electrons. The van der Waals surface area contributed by atoms with Gasteiger partial charge in [-0.25, -0.2) is 0 Å². The second kappa shape index (κ2) is 6.35. The third-order valence-corrected chi connectivity index (χ3v) is 1.34. The van der Waals surface area contributed by atoms with Crippen molar-refractivity contribution in [3.8, 4) is 0 Å². The molecule has 0 rings (SSSR count). The minimum atomic E-state index is 0.718. The molecule has 0 saturated carbocycles. The number of hydrogen-bond donors (Lipinski definition) is 0. The summed E-state index contributed by atoms with van der Waals surface area (Å²) in [4.78, 5) is 10.2. The van der Waals surface area contributed by atoms with Gasteiger partial charge in [-0.3, -0.25) is 4.79 Å². The van der Waals surface area contributed by atoms with Crippen LogP contribution < -0.4 is 0 Å². The predicted octanol–water partition coefficient (Wildman–Crippen LogP) is 2.82. The maximum Gasteiger partial charge on any atom is 0.145 e. The van der Waals surface area contributed by atoms with Gasteiger partial charge in [-0.05, 0) is 19.4 Å². The minimum absolute atomic E-state index is 0.718. The summed E-state index contributed by atoms with van der Waals surface area (Å²) >= 11 is 0. The van der Waals surface area contributed by atoms with E-state index in [9.17, 15) is 4.79 Å². The lowest BCUT2D eigenvalue weighted by atomic mass is 10.2. The van der Waals surface area contributed by atoms with Crippen LogP contribution in [0.3, 0.4) is 0 Å². The molecule has 0 amide bonds. The van der Waals surface area contributed by atoms with E-state index in [1.54, 1.807) is 19.1 Å². The van der Waals surface area contributed by atoms with Gasteiger partial charge in [-0.15, -0.1) is 0 Å². The molecular weight excluding hydrogens is 148 g/mol. The second-order valence-corrected chi connectivity index (χ2v) is 2.53. The zero-order chi connectivity index (χ0) is 9.40. The summed E-state index contributed by atoms with van der Waals surface area (Å²) in [6, 6.07) is 0. The highest BCUT2D eigenvalue weighted by Gasteiger charge is 1.77. The van der Waals surface area contributed by atoms with E-state index in [-0.39, 0.29) is 0 Å². The van der Waals surface area contributed by atoms with Gasteiger partial charge in [-0.2, -0.15) is 0 Å². The highest BCUT2D eigenvalue weighted by atomic mass is 16.1. The summed E-state index contributed by atoms with van der Waals surface area (Å²) in [7, 11) is 0. The molecular formula is C11H14O. The molecule has 0 saturated heterocycles. The van der Waals surface area contributed by atoms with Crippen LogP contribution in [0.25, 0.3) is 0 Å². The lowest BCUT2D eigenvalue weighted by Gasteiger charge is -1.83. The molecule has 0 heterocycles. The van der Waals surface area contributed by atoms with E-state index in [0.29, 0.717) is 0 Å². The normalized spacial score (nSPS) is 13.5. The zero-order valence-electron chi connectivity index (χ0n) is 7.58. The van der Waals surface area contributed by atoms with Gasteiger partial charge in [0.05, 0.1) is 0 Å². The third-order valence-electron chi connectivity index (χ3n) is 1.34. The Kier molecular flexibility index (Phi) is 5.62. The van der Waals surface area contributed by atoms with Gasteiger partial charge in [-0.1, -0.05) is 42.5 Å². The van der Waals surface area contributed by atoms with Gasteiger partial charge in [0.1, 0.15) is 6.29 Å². The molecule has 1 heteroatoms. The number of allylic oxidation sites excluding steroid dienone is 7. The first-order valence-electron chi connectivity index (χ1n) is 3.80. The van der Waals surface area contributed by atoms with E-state index >= 15 is 0 Å². The first kappa shape index (κ1) is 10.6. The number of carbonyl (C=O) groups excluding carboxylic acids is 1. The average Bonchev–Trinajstić information content (AvgIpc) is 2.11. The summed E-state index contributed by atoms with van der Waals surface area (Å²) < 4.78 is 0. The van der Waals surface area contributed by atoms with Crippen molar-refractivity contribution in [2.45, 2.75) is 13.8 Å². The Labute approximate surface area is 73.8 Å². The molecule has 0 aliphatic heterocycles. The van der Waals surface area contributed by atoms with Crippen LogP contribution in [0.1, 0.15) is 13.8 Å². The molecule has 0 fully saturated rings. The standard InChI is InChI=1S/C11H14O/c1-4-10(2)7-5-6-8-11(3)9-12/h4-9H,1H2,2-3H3/b6-5+,10-7+,11-8+. The van der Waals surface area contributed by atoms with Crippen molar-refractivity contribution in [2.75, 3.05) is 0 Å². The molecule has 0 bridgehead atoms. The van der Waals surface area contributed by atoms with Crippen molar-refractivity contribution < 1.29 is 4.79 Å². The van der Waals surface area contributed by atoms with Gasteiger partial charge >= 0.3 is 0 Å². The van der Waals surface area contributed by atoms with Crippen molar-refractivity contribution in [3.05, 3.63) is 48.1 Å². The summed E-state index contributed by atoms with van der Waals surface area (Å²) in [5.74, 6) is 0. The van der Waals surface area contributed by atoms with E-state index in [1.807, 2.05) is 25.2 Å². The minimum Gasteiger partial charge on any atom is -0.298 e. The molecule has 0 N–H and O–H groups in total. The molecule has 0 radical (unpaired) electrons. The molecule has 0 unspecified atom stereocenters. The number of carbonyl (C=O) groups is 1. The summed E-state index contributed by atoms with van der Waals surface area (Å²) in [6.07, 6.45) is 10.0. The predicted molar refractivity (Wildman–Crippen MR) is 52.9 cm³/mol. The van der Waals surface area contributed by atoms with Crippen LogP contribution >= 0.6 is 0 Å². The molecule has 0 atom stereocenters. The van der Waals surface area contributed by atoms with Crippen molar-refractivity contribution in [1.82, 2.24) is 0 Å². The van der Waals surface area contributed by atoms with E-state index in [2.05, 4.69) is 6.58 Å². The van der Waals surface area contributed by atoms with Crippen molar-refractivity contribution in [1.29, 1.82) is 0 Å². The van der Waals surface area contributed by atoms with Crippen LogP contribution in [0.5, 0.6) is 0 Å².